The molecule has 52 heavy (non-hydrogen) atoms. The number of benzene rings is 8. The number of hydrogen-bond acceptors (Lipinski definition) is 3. The van der Waals surface area contributed by atoms with Crippen LogP contribution in [-0.2, 0) is 0 Å². The first-order valence-electron chi connectivity index (χ1n) is 17.8. The van der Waals surface area contributed by atoms with Crippen LogP contribution in [0, 0.1) is 0 Å². The largest absolute Gasteiger partial charge is 0.311 e. The molecule has 0 saturated heterocycles. The lowest BCUT2D eigenvalue weighted by Crippen LogP contribution is -2.74. The van der Waals surface area contributed by atoms with E-state index in [-0.39, 0.29) is 0 Å². The van der Waals surface area contributed by atoms with Gasteiger partial charge in [-0.1, -0.05) is 145 Å². The van der Waals surface area contributed by atoms with E-state index in [2.05, 4.69) is 193 Å². The molecule has 0 saturated carbocycles. The summed E-state index contributed by atoms with van der Waals surface area (Å²) in [6.45, 7) is 0. The van der Waals surface area contributed by atoms with Gasteiger partial charge in [0, 0.05) is 47.0 Å². The van der Waals surface area contributed by atoms with E-state index in [1.54, 1.807) is 0 Å². The van der Waals surface area contributed by atoms with Gasteiger partial charge >= 0.3 is 0 Å². The van der Waals surface area contributed by atoms with Crippen molar-refractivity contribution < 1.29 is 0 Å². The molecule has 0 fully saturated rings. The third kappa shape index (κ3) is 4.29. The normalized spacial score (nSPS) is 13.5. The van der Waals surface area contributed by atoms with Gasteiger partial charge in [0.2, 0.25) is 0 Å². The first-order chi connectivity index (χ1) is 25.8. The number of hydrogen-bond donors (Lipinski definition) is 0. The SMILES string of the molecule is c1ccc(N(c2ccc(-c3cccc4c3sc3ccccc34)cc2)c2ccc3c(c2)[Si]2(c4ccccc4Sc4ccccc42)c2ccccc2-3)cc1. The molecule has 0 N–H and O–H groups in total. The molecule has 244 valence electrons. The van der Waals surface area contributed by atoms with Gasteiger partial charge in [0.05, 0.1) is 0 Å². The molecule has 1 aromatic heterocycles. The van der Waals surface area contributed by atoms with Crippen LogP contribution in [0.25, 0.3) is 42.4 Å². The van der Waals surface area contributed by atoms with Crippen molar-refractivity contribution in [1.82, 2.24) is 0 Å². The van der Waals surface area contributed by atoms with E-state index in [1.807, 2.05) is 23.1 Å². The molecule has 2 aliphatic rings. The van der Waals surface area contributed by atoms with E-state index in [4.69, 9.17) is 0 Å². The quantitative estimate of drug-likeness (QED) is 0.167. The summed E-state index contributed by atoms with van der Waals surface area (Å²) in [6.07, 6.45) is 0. The Bertz CT molecular complexity index is 2790. The van der Waals surface area contributed by atoms with E-state index in [1.165, 1.54) is 78.7 Å². The molecule has 1 spiro atoms. The van der Waals surface area contributed by atoms with Gasteiger partial charge < -0.3 is 4.90 Å². The Morgan fingerprint density at radius 1 is 0.385 bits per heavy atom. The molecule has 4 heteroatoms. The Morgan fingerprint density at radius 3 is 1.75 bits per heavy atom. The summed E-state index contributed by atoms with van der Waals surface area (Å²) in [5.74, 6) is 0. The van der Waals surface area contributed by atoms with Gasteiger partial charge in [-0.15, -0.1) is 11.3 Å². The second-order valence-electron chi connectivity index (χ2n) is 13.6. The maximum atomic E-state index is 2.53. The summed E-state index contributed by atoms with van der Waals surface area (Å²) in [5.41, 5.74) is 8.72. The van der Waals surface area contributed by atoms with Crippen molar-refractivity contribution in [2.75, 3.05) is 4.90 Å². The lowest BCUT2D eigenvalue weighted by molar-refractivity contribution is 1.29. The maximum absolute atomic E-state index is 2.62. The van der Waals surface area contributed by atoms with Crippen molar-refractivity contribution in [2.45, 2.75) is 9.79 Å². The predicted octanol–water partition coefficient (Wildman–Crippen LogP) is 11.0. The van der Waals surface area contributed by atoms with Crippen molar-refractivity contribution in [3.8, 4) is 22.3 Å². The number of fused-ring (bicyclic) bond motifs is 12. The summed E-state index contributed by atoms with van der Waals surface area (Å²) in [5, 5.41) is 8.61. The first kappa shape index (κ1) is 30.0. The number of para-hydroxylation sites is 1. The predicted molar refractivity (Wildman–Crippen MR) is 226 cm³/mol. The summed E-state index contributed by atoms with van der Waals surface area (Å²) in [7, 11) is -2.62. The Labute approximate surface area is 312 Å². The van der Waals surface area contributed by atoms with Gasteiger partial charge in [0.25, 0.3) is 0 Å². The summed E-state index contributed by atoms with van der Waals surface area (Å²) in [4.78, 5) is 5.19. The smallest absolute Gasteiger partial charge is 0.183 e. The highest BCUT2D eigenvalue weighted by Gasteiger charge is 2.52. The molecule has 0 radical (unpaired) electrons. The van der Waals surface area contributed by atoms with Crippen LogP contribution in [-0.4, -0.2) is 8.07 Å². The van der Waals surface area contributed by atoms with Gasteiger partial charge in [-0.25, -0.2) is 0 Å². The molecular formula is C48H31NS2Si. The highest BCUT2D eigenvalue weighted by molar-refractivity contribution is 8.00. The average Bonchev–Trinajstić information content (AvgIpc) is 3.73. The van der Waals surface area contributed by atoms with E-state index >= 15 is 0 Å². The Hall–Kier alpha value is -5.65. The zero-order valence-electron chi connectivity index (χ0n) is 28.2. The van der Waals surface area contributed by atoms with Gasteiger partial charge in [-0.3, -0.25) is 0 Å². The van der Waals surface area contributed by atoms with Crippen LogP contribution in [0.15, 0.2) is 198 Å². The monoisotopic (exact) mass is 713 g/mol. The number of nitrogens with zero attached hydrogens (tertiary/aromatic N) is 1. The van der Waals surface area contributed by atoms with Gasteiger partial charge in [-0.2, -0.15) is 0 Å². The van der Waals surface area contributed by atoms with Crippen LogP contribution in [0.4, 0.5) is 17.1 Å². The van der Waals surface area contributed by atoms with Gasteiger partial charge in [-0.05, 0) is 97.6 Å². The lowest BCUT2D eigenvalue weighted by Gasteiger charge is -2.38. The summed E-state index contributed by atoms with van der Waals surface area (Å²) in [6, 6.07) is 70.3. The van der Waals surface area contributed by atoms with Crippen molar-refractivity contribution in [1.29, 1.82) is 0 Å². The Balaban J connectivity index is 1.11. The zero-order valence-corrected chi connectivity index (χ0v) is 30.8. The number of rotatable bonds is 4. The topological polar surface area (TPSA) is 3.24 Å². The van der Waals surface area contributed by atoms with Gasteiger partial charge in [0.15, 0.2) is 8.07 Å². The average molecular weight is 714 g/mol. The fourth-order valence-corrected chi connectivity index (χ4v) is 17.4. The van der Waals surface area contributed by atoms with Crippen LogP contribution in [0.2, 0.25) is 0 Å². The molecule has 8 aromatic carbocycles. The third-order valence-electron chi connectivity index (χ3n) is 10.9. The molecule has 1 nitrogen and oxygen atoms in total. The van der Waals surface area contributed by atoms with Crippen LogP contribution < -0.4 is 25.6 Å². The molecule has 11 rings (SSSR count). The maximum Gasteiger partial charge on any atom is 0.183 e. The standard InChI is InChI=1S/C48H31NS2Si/c1-2-13-33(14-3-1)49(34-27-25-32(26-28-34)36-17-12-18-40-37-15-4-6-19-41(37)51-48(36)40)35-29-30-39-38-16-5-9-22-44(38)52(47(39)31-35)45-23-10-7-20-42(45)50-43-21-8-11-24-46(43)52/h1-31H. The van der Waals surface area contributed by atoms with Crippen LogP contribution in [0.5, 0.6) is 0 Å². The van der Waals surface area contributed by atoms with E-state index in [9.17, 15) is 0 Å². The number of anilines is 3. The van der Waals surface area contributed by atoms with Crippen LogP contribution >= 0.6 is 23.1 Å². The van der Waals surface area contributed by atoms with E-state index in [0.717, 1.165) is 11.4 Å². The Morgan fingerprint density at radius 2 is 0.962 bits per heavy atom. The molecule has 2 aliphatic heterocycles. The highest BCUT2D eigenvalue weighted by Crippen LogP contribution is 2.43. The minimum atomic E-state index is -2.62. The zero-order chi connectivity index (χ0) is 34.2. The fraction of sp³-hybridized carbons (Fsp3) is 0. The number of thiophene rings is 1. The second-order valence-corrected chi connectivity index (χ2v) is 19.4. The minimum absolute atomic E-state index is 1.14. The Kier molecular flexibility index (Phi) is 6.75. The molecular weight excluding hydrogens is 683 g/mol. The summed E-state index contributed by atoms with van der Waals surface area (Å²) >= 11 is 3.81. The van der Waals surface area contributed by atoms with Crippen LogP contribution in [0.3, 0.4) is 0 Å². The lowest BCUT2D eigenvalue weighted by atomic mass is 10.0. The molecule has 0 atom stereocenters. The van der Waals surface area contributed by atoms with Crippen molar-refractivity contribution >= 4 is 89.2 Å². The van der Waals surface area contributed by atoms with Crippen molar-refractivity contribution in [3.63, 3.8) is 0 Å². The molecule has 0 bridgehead atoms. The fourth-order valence-electron chi connectivity index (χ4n) is 8.77. The minimum Gasteiger partial charge on any atom is -0.311 e. The highest BCUT2D eigenvalue weighted by atomic mass is 32.2. The third-order valence-corrected chi connectivity index (χ3v) is 18.6. The first-order valence-corrected chi connectivity index (χ1v) is 21.4. The molecule has 0 amide bonds. The van der Waals surface area contributed by atoms with E-state index < -0.39 is 8.07 Å². The van der Waals surface area contributed by atoms with Crippen molar-refractivity contribution in [2.24, 2.45) is 0 Å². The van der Waals surface area contributed by atoms with Crippen LogP contribution in [0.1, 0.15) is 0 Å². The second kappa shape index (κ2) is 11.7. The molecule has 3 heterocycles. The molecule has 0 unspecified atom stereocenters. The summed E-state index contributed by atoms with van der Waals surface area (Å²) < 4.78 is 2.68. The van der Waals surface area contributed by atoms with Gasteiger partial charge in [0.1, 0.15) is 0 Å². The molecule has 0 aliphatic carbocycles. The van der Waals surface area contributed by atoms with E-state index in [0.29, 0.717) is 0 Å². The molecule has 9 aromatic rings. The van der Waals surface area contributed by atoms with Crippen molar-refractivity contribution in [3.05, 3.63) is 188 Å².